The van der Waals surface area contributed by atoms with Crippen LogP contribution in [0.3, 0.4) is 0 Å². The number of aromatic nitrogens is 2. The first-order valence-electron chi connectivity index (χ1n) is 8.51. The monoisotopic (exact) mass is 394 g/mol. The fraction of sp³-hybridized carbons (Fsp3) is 0.200. The summed E-state index contributed by atoms with van der Waals surface area (Å²) in [6.45, 7) is 1.99. The second kappa shape index (κ2) is 9.31. The van der Waals surface area contributed by atoms with Gasteiger partial charge in [-0.25, -0.2) is 0 Å². The molecule has 0 bridgehead atoms. The van der Waals surface area contributed by atoms with Crippen molar-refractivity contribution in [3.8, 4) is 6.07 Å². The van der Waals surface area contributed by atoms with E-state index in [-0.39, 0.29) is 11.8 Å². The zero-order chi connectivity index (χ0) is 19.1. The van der Waals surface area contributed by atoms with Crippen LogP contribution < -0.4 is 5.32 Å². The van der Waals surface area contributed by atoms with E-state index in [9.17, 15) is 4.79 Å². The van der Waals surface area contributed by atoms with Gasteiger partial charge in [-0.3, -0.25) is 10.1 Å². The number of amides is 1. The minimum absolute atomic E-state index is 0.0776. The van der Waals surface area contributed by atoms with Crippen LogP contribution in [0.25, 0.3) is 0 Å². The highest BCUT2D eigenvalue weighted by Gasteiger charge is 2.20. The Hall–Kier alpha value is -2.69. The predicted octanol–water partition coefficient (Wildman–Crippen LogP) is 4.83. The van der Waals surface area contributed by atoms with Crippen LogP contribution >= 0.6 is 23.1 Å². The largest absolute Gasteiger partial charge is 0.300 e. The molecule has 0 spiro atoms. The quantitative estimate of drug-likeness (QED) is 0.458. The number of carbonyl (C=O) groups is 1. The molecule has 1 N–H and O–H groups in total. The molecular weight excluding hydrogens is 376 g/mol. The lowest BCUT2D eigenvalue weighted by atomic mass is 9.96. The molecule has 5 nitrogen and oxygen atoms in total. The van der Waals surface area contributed by atoms with Crippen LogP contribution in [0.1, 0.15) is 36.0 Å². The first-order chi connectivity index (χ1) is 13.2. The number of hydrogen-bond acceptors (Lipinski definition) is 6. The first-order valence-corrected chi connectivity index (χ1v) is 10.3. The molecule has 0 aliphatic rings. The smallest absolute Gasteiger partial charge is 0.233 e. The normalized spacial score (nSPS) is 11.6. The Bertz CT molecular complexity index is 950. The second-order valence-electron chi connectivity index (χ2n) is 5.79. The number of carbonyl (C=O) groups excluding carboxylic acids is 1. The molecule has 7 heteroatoms. The van der Waals surface area contributed by atoms with Crippen molar-refractivity contribution in [2.45, 2.75) is 29.4 Å². The predicted molar refractivity (Wildman–Crippen MR) is 109 cm³/mol. The summed E-state index contributed by atoms with van der Waals surface area (Å²) in [5, 5.41) is 20.7. The first kappa shape index (κ1) is 19.1. The molecule has 0 aliphatic carbocycles. The molecule has 1 aromatic heterocycles. The highest BCUT2D eigenvalue weighted by atomic mass is 32.2. The van der Waals surface area contributed by atoms with Gasteiger partial charge in [-0.1, -0.05) is 78.6 Å². The van der Waals surface area contributed by atoms with E-state index in [1.54, 1.807) is 6.07 Å². The fourth-order valence-electron chi connectivity index (χ4n) is 2.66. The topological polar surface area (TPSA) is 78.7 Å². The Kier molecular flexibility index (Phi) is 6.58. The van der Waals surface area contributed by atoms with E-state index in [4.69, 9.17) is 5.26 Å². The van der Waals surface area contributed by atoms with Crippen molar-refractivity contribution >= 4 is 34.1 Å². The van der Waals surface area contributed by atoms with Gasteiger partial charge in [-0.15, -0.1) is 10.2 Å². The zero-order valence-corrected chi connectivity index (χ0v) is 16.4. The third kappa shape index (κ3) is 4.94. The van der Waals surface area contributed by atoms with Crippen LogP contribution in [0.5, 0.6) is 0 Å². The third-order valence-corrected chi connectivity index (χ3v) is 6.07. The lowest BCUT2D eigenvalue weighted by Gasteiger charge is -2.13. The Balaban J connectivity index is 1.62. The number of anilines is 1. The lowest BCUT2D eigenvalue weighted by Crippen LogP contribution is -2.20. The molecule has 1 atom stereocenters. The summed E-state index contributed by atoms with van der Waals surface area (Å²) < 4.78 is 0.755. The van der Waals surface area contributed by atoms with Crippen molar-refractivity contribution in [1.29, 1.82) is 5.26 Å². The molecule has 1 heterocycles. The van der Waals surface area contributed by atoms with Gasteiger partial charge in [0.25, 0.3) is 0 Å². The van der Waals surface area contributed by atoms with Crippen LogP contribution in [0.2, 0.25) is 0 Å². The fourth-order valence-corrected chi connectivity index (χ4v) is 4.42. The number of nitriles is 1. The molecule has 0 saturated carbocycles. The molecule has 0 aliphatic heterocycles. The van der Waals surface area contributed by atoms with Crippen molar-refractivity contribution in [2.24, 2.45) is 0 Å². The summed E-state index contributed by atoms with van der Waals surface area (Å²) in [6.07, 6.45) is 0.710. The van der Waals surface area contributed by atoms with Gasteiger partial charge in [0, 0.05) is 5.75 Å². The molecular formula is C20H18N4OS2. The van der Waals surface area contributed by atoms with E-state index in [1.165, 1.54) is 23.1 Å². The zero-order valence-electron chi connectivity index (χ0n) is 14.8. The van der Waals surface area contributed by atoms with Crippen molar-refractivity contribution < 1.29 is 4.79 Å². The average molecular weight is 395 g/mol. The van der Waals surface area contributed by atoms with E-state index in [1.807, 2.05) is 55.5 Å². The Morgan fingerprint density at radius 1 is 1.19 bits per heavy atom. The van der Waals surface area contributed by atoms with Crippen molar-refractivity contribution in [3.63, 3.8) is 0 Å². The molecule has 1 unspecified atom stereocenters. The molecule has 3 aromatic rings. The standard InChI is InChI=1S/C20H18N4OS2/c1-2-17(14-8-4-3-5-9-14)18(25)22-19-23-24-20(27-19)26-13-16-11-7-6-10-15(16)12-21/h3-11,17H,2,13H2,1H3,(H,22,23,25). The Morgan fingerprint density at radius 3 is 2.67 bits per heavy atom. The van der Waals surface area contributed by atoms with Crippen LogP contribution in [0.4, 0.5) is 5.13 Å². The van der Waals surface area contributed by atoms with Gasteiger partial charge < -0.3 is 0 Å². The van der Waals surface area contributed by atoms with Gasteiger partial charge in [0.15, 0.2) is 4.34 Å². The SMILES string of the molecule is CCC(C(=O)Nc1nnc(SCc2ccccc2C#N)s1)c1ccccc1. The summed E-state index contributed by atoms with van der Waals surface area (Å²) in [4.78, 5) is 12.6. The van der Waals surface area contributed by atoms with Gasteiger partial charge in [-0.05, 0) is 23.6 Å². The van der Waals surface area contributed by atoms with Crippen molar-refractivity contribution in [2.75, 3.05) is 5.32 Å². The summed E-state index contributed by atoms with van der Waals surface area (Å²) in [5.41, 5.74) is 2.61. The number of benzene rings is 2. The minimum Gasteiger partial charge on any atom is -0.300 e. The van der Waals surface area contributed by atoms with Gasteiger partial charge in [0.1, 0.15) is 0 Å². The number of thioether (sulfide) groups is 1. The number of rotatable bonds is 7. The summed E-state index contributed by atoms with van der Waals surface area (Å²) in [5.74, 6) is 0.341. The van der Waals surface area contributed by atoms with Gasteiger partial charge >= 0.3 is 0 Å². The minimum atomic E-state index is -0.214. The summed E-state index contributed by atoms with van der Waals surface area (Å²) >= 11 is 2.85. The molecule has 1 amide bonds. The van der Waals surface area contributed by atoms with Crippen LogP contribution in [-0.4, -0.2) is 16.1 Å². The van der Waals surface area contributed by atoms with E-state index in [0.29, 0.717) is 22.9 Å². The molecule has 136 valence electrons. The maximum Gasteiger partial charge on any atom is 0.233 e. The van der Waals surface area contributed by atoms with Gasteiger partial charge in [-0.2, -0.15) is 5.26 Å². The molecule has 27 heavy (non-hydrogen) atoms. The number of hydrogen-bond donors (Lipinski definition) is 1. The lowest BCUT2D eigenvalue weighted by molar-refractivity contribution is -0.117. The van der Waals surface area contributed by atoms with Crippen LogP contribution in [0.15, 0.2) is 58.9 Å². The Morgan fingerprint density at radius 2 is 1.93 bits per heavy atom. The maximum absolute atomic E-state index is 12.6. The second-order valence-corrected chi connectivity index (χ2v) is 7.99. The highest BCUT2D eigenvalue weighted by molar-refractivity contribution is 8.00. The molecule has 0 saturated heterocycles. The average Bonchev–Trinajstić information content (AvgIpc) is 3.15. The Labute approximate surface area is 166 Å². The molecule has 0 radical (unpaired) electrons. The molecule has 0 fully saturated rings. The van der Waals surface area contributed by atoms with Crippen LogP contribution in [-0.2, 0) is 10.5 Å². The van der Waals surface area contributed by atoms with Crippen molar-refractivity contribution in [3.05, 3.63) is 71.3 Å². The van der Waals surface area contributed by atoms with E-state index >= 15 is 0 Å². The summed E-state index contributed by atoms with van der Waals surface area (Å²) in [7, 11) is 0. The van der Waals surface area contributed by atoms with Gasteiger partial charge in [0.05, 0.1) is 17.6 Å². The number of nitrogens with zero attached hydrogens (tertiary/aromatic N) is 3. The maximum atomic E-state index is 12.6. The van der Waals surface area contributed by atoms with Crippen molar-refractivity contribution in [1.82, 2.24) is 10.2 Å². The third-order valence-electron chi connectivity index (χ3n) is 4.05. The molecule has 2 aromatic carbocycles. The van der Waals surface area contributed by atoms with Crippen LogP contribution in [0, 0.1) is 11.3 Å². The number of nitrogens with one attached hydrogen (secondary N) is 1. The summed E-state index contributed by atoms with van der Waals surface area (Å²) in [6, 6.07) is 19.4. The van der Waals surface area contributed by atoms with Gasteiger partial charge in [0.2, 0.25) is 11.0 Å². The molecule has 3 rings (SSSR count). The van der Waals surface area contributed by atoms with E-state index in [2.05, 4.69) is 21.6 Å². The van der Waals surface area contributed by atoms with E-state index in [0.717, 1.165) is 15.5 Å². The highest BCUT2D eigenvalue weighted by Crippen LogP contribution is 2.30. The van der Waals surface area contributed by atoms with E-state index < -0.39 is 0 Å².